The van der Waals surface area contributed by atoms with Crippen molar-refractivity contribution in [3.8, 4) is 44.5 Å². The number of anilines is 3. The quantitative estimate of drug-likeness (QED) is 0.154. The molecular weight excluding hydrogens is 645 g/mol. The van der Waals surface area contributed by atoms with Gasteiger partial charge in [-0.05, 0) is 123 Å². The molecule has 0 radical (unpaired) electrons. The zero-order chi connectivity index (χ0) is 35.6. The van der Waals surface area contributed by atoms with E-state index in [1.54, 1.807) is 6.08 Å². The normalized spacial score (nSPS) is 11.4. The Bertz CT molecular complexity index is 2680. The fraction of sp³-hybridized carbons (Fsp3) is 0. The molecule has 0 saturated heterocycles. The first kappa shape index (κ1) is 31.8. The van der Waals surface area contributed by atoms with Crippen molar-refractivity contribution >= 4 is 39.4 Å². The molecule has 4 aromatic heterocycles. The number of hydrogen-bond donors (Lipinski definition) is 1. The van der Waals surface area contributed by atoms with Crippen molar-refractivity contribution < 1.29 is 0 Å². The third-order valence-electron chi connectivity index (χ3n) is 9.86. The van der Waals surface area contributed by atoms with E-state index >= 15 is 0 Å². The zero-order valence-corrected chi connectivity index (χ0v) is 29.1. The Morgan fingerprint density at radius 1 is 0.547 bits per heavy atom. The summed E-state index contributed by atoms with van der Waals surface area (Å²) in [6.07, 6.45) is 15.8. The molecule has 0 unspecified atom stereocenters. The molecule has 0 aliphatic carbocycles. The van der Waals surface area contributed by atoms with Crippen LogP contribution in [0.15, 0.2) is 201 Å². The van der Waals surface area contributed by atoms with Crippen LogP contribution in [-0.2, 0) is 0 Å². The van der Waals surface area contributed by atoms with Crippen LogP contribution in [-0.4, -0.2) is 14.4 Å². The van der Waals surface area contributed by atoms with Gasteiger partial charge in [0.15, 0.2) is 0 Å². The van der Waals surface area contributed by atoms with Crippen molar-refractivity contribution in [2.24, 2.45) is 0 Å². The van der Waals surface area contributed by atoms with Crippen LogP contribution >= 0.6 is 0 Å². The van der Waals surface area contributed by atoms with Gasteiger partial charge in [0.25, 0.3) is 0 Å². The second-order valence-electron chi connectivity index (χ2n) is 13.2. The number of aromatic nitrogens is 3. The molecule has 53 heavy (non-hydrogen) atoms. The van der Waals surface area contributed by atoms with E-state index in [-0.39, 0.29) is 0 Å². The minimum atomic E-state index is 1.04. The number of H-pyrrole nitrogens is 1. The number of rotatable bonds is 9. The average molecular weight is 681 g/mol. The number of nitrogens with one attached hydrogen (secondary N) is 1. The number of hydrogen-bond acceptors (Lipinski definition) is 2. The van der Waals surface area contributed by atoms with E-state index in [1.165, 1.54) is 44.3 Å². The third kappa shape index (κ3) is 6.46. The van der Waals surface area contributed by atoms with Gasteiger partial charge in [0.05, 0.1) is 0 Å². The Morgan fingerprint density at radius 3 is 1.77 bits per heavy atom. The van der Waals surface area contributed by atoms with Crippen molar-refractivity contribution in [2.45, 2.75) is 0 Å². The highest BCUT2D eigenvalue weighted by Crippen LogP contribution is 2.38. The molecule has 0 spiro atoms. The smallest absolute Gasteiger partial charge is 0.0462 e. The molecule has 0 saturated carbocycles. The molecule has 4 heteroatoms. The number of nitrogens with zero attached hydrogens (tertiary/aromatic N) is 3. The molecule has 9 aromatic rings. The highest BCUT2D eigenvalue weighted by atomic mass is 15.1. The molecule has 0 bridgehead atoms. The average Bonchev–Trinajstić information content (AvgIpc) is 3.89. The lowest BCUT2D eigenvalue weighted by atomic mass is 9.98. The molecule has 5 aromatic carbocycles. The van der Waals surface area contributed by atoms with E-state index < -0.39 is 0 Å². The minimum Gasteiger partial charge on any atom is -0.361 e. The molecule has 1 N–H and O–H groups in total. The van der Waals surface area contributed by atoms with Gasteiger partial charge in [0, 0.05) is 70.2 Å². The van der Waals surface area contributed by atoms with Crippen LogP contribution in [0.5, 0.6) is 0 Å². The van der Waals surface area contributed by atoms with Crippen LogP contribution < -0.4 is 4.90 Å². The van der Waals surface area contributed by atoms with E-state index in [4.69, 9.17) is 0 Å². The first-order chi connectivity index (χ1) is 26.2. The van der Waals surface area contributed by atoms with Crippen molar-refractivity contribution in [3.05, 3.63) is 207 Å². The Labute approximate surface area is 309 Å². The molecule has 0 atom stereocenters. The summed E-state index contributed by atoms with van der Waals surface area (Å²) in [4.78, 5) is 9.91. The van der Waals surface area contributed by atoms with E-state index in [0.717, 1.165) is 39.3 Å². The van der Waals surface area contributed by atoms with Gasteiger partial charge in [-0.15, -0.1) is 0 Å². The van der Waals surface area contributed by atoms with Crippen LogP contribution in [0.25, 0.3) is 66.9 Å². The van der Waals surface area contributed by atoms with Gasteiger partial charge in [-0.1, -0.05) is 97.6 Å². The van der Waals surface area contributed by atoms with Gasteiger partial charge in [0.2, 0.25) is 0 Å². The lowest BCUT2D eigenvalue weighted by molar-refractivity contribution is 1.20. The highest BCUT2D eigenvalue weighted by molar-refractivity contribution is 5.87. The summed E-state index contributed by atoms with van der Waals surface area (Å²) >= 11 is 0. The summed E-state index contributed by atoms with van der Waals surface area (Å²) in [6, 6.07) is 54.6. The number of pyridine rings is 2. The topological polar surface area (TPSA) is 36.3 Å². The van der Waals surface area contributed by atoms with Crippen LogP contribution in [0.4, 0.5) is 17.1 Å². The van der Waals surface area contributed by atoms with Gasteiger partial charge in [0.1, 0.15) is 0 Å². The number of aromatic amines is 1. The Kier molecular flexibility index (Phi) is 8.31. The van der Waals surface area contributed by atoms with Crippen LogP contribution in [0.2, 0.25) is 0 Å². The van der Waals surface area contributed by atoms with E-state index in [9.17, 15) is 0 Å². The summed E-state index contributed by atoms with van der Waals surface area (Å²) in [5.74, 6) is 0. The minimum absolute atomic E-state index is 1.04. The summed E-state index contributed by atoms with van der Waals surface area (Å²) in [5, 5.41) is 2.34. The van der Waals surface area contributed by atoms with Gasteiger partial charge < -0.3 is 14.3 Å². The third-order valence-corrected chi connectivity index (χ3v) is 9.86. The summed E-state index contributed by atoms with van der Waals surface area (Å²) in [5.41, 5.74) is 14.9. The van der Waals surface area contributed by atoms with Crippen LogP contribution in [0, 0.1) is 0 Å². The van der Waals surface area contributed by atoms with E-state index in [0.29, 0.717) is 0 Å². The van der Waals surface area contributed by atoms with Crippen molar-refractivity contribution in [1.82, 2.24) is 14.4 Å². The van der Waals surface area contributed by atoms with Gasteiger partial charge in [-0.3, -0.25) is 4.98 Å². The maximum atomic E-state index is 4.25. The SMILES string of the molecule is C=C/C=C\c1cc(-c2ccc(N(c3ccc(-c4ccc(-c5ccc6cnccc6c5)cc4)cc3)c3ccc(-c4cc5ccccn5c4)cc3)cc2)c[nH]1. The van der Waals surface area contributed by atoms with Crippen LogP contribution in [0.1, 0.15) is 5.69 Å². The lowest BCUT2D eigenvalue weighted by Gasteiger charge is -2.26. The number of allylic oxidation sites excluding steroid dienone is 2. The summed E-state index contributed by atoms with van der Waals surface area (Å²) < 4.78 is 2.16. The van der Waals surface area contributed by atoms with Crippen molar-refractivity contribution in [3.63, 3.8) is 0 Å². The summed E-state index contributed by atoms with van der Waals surface area (Å²) in [7, 11) is 0. The molecule has 0 amide bonds. The molecule has 0 aliphatic heterocycles. The first-order valence-electron chi connectivity index (χ1n) is 17.8. The molecule has 4 nitrogen and oxygen atoms in total. The van der Waals surface area contributed by atoms with Crippen molar-refractivity contribution in [2.75, 3.05) is 4.90 Å². The van der Waals surface area contributed by atoms with Crippen molar-refractivity contribution in [1.29, 1.82) is 0 Å². The first-order valence-corrected chi connectivity index (χ1v) is 17.8. The second-order valence-corrected chi connectivity index (χ2v) is 13.2. The van der Waals surface area contributed by atoms with E-state index in [1.807, 2.05) is 30.7 Å². The zero-order valence-electron chi connectivity index (χ0n) is 29.1. The van der Waals surface area contributed by atoms with E-state index in [2.05, 4.69) is 190 Å². The lowest BCUT2D eigenvalue weighted by Crippen LogP contribution is -2.09. The standard InChI is InChI=1S/C49H36N4/c1-2-3-6-45-30-43(33-51-45)38-16-22-47(23-17-38)53(48-24-18-39(19-25-48)44-31-49-7-4-5-28-52(49)34-44)46-20-14-36(15-21-46)35-8-10-37(11-9-35)40-12-13-42-32-50-27-26-41(42)29-40/h2-34,51H,1H2/b6-3-. The predicted molar refractivity (Wildman–Crippen MR) is 223 cm³/mol. The maximum Gasteiger partial charge on any atom is 0.0462 e. The molecule has 4 heterocycles. The fourth-order valence-electron chi connectivity index (χ4n) is 7.03. The Hall–Kier alpha value is -7.17. The largest absolute Gasteiger partial charge is 0.361 e. The monoisotopic (exact) mass is 680 g/mol. The molecule has 0 fully saturated rings. The molecule has 252 valence electrons. The van der Waals surface area contributed by atoms with Crippen LogP contribution in [0.3, 0.4) is 0 Å². The fourth-order valence-corrected chi connectivity index (χ4v) is 7.03. The predicted octanol–water partition coefficient (Wildman–Crippen LogP) is 13.2. The van der Waals surface area contributed by atoms with Gasteiger partial charge >= 0.3 is 0 Å². The maximum absolute atomic E-state index is 4.25. The molecule has 9 rings (SSSR count). The highest BCUT2D eigenvalue weighted by Gasteiger charge is 2.15. The Morgan fingerprint density at radius 2 is 1.13 bits per heavy atom. The molecule has 0 aliphatic rings. The number of fused-ring (bicyclic) bond motifs is 2. The second kappa shape index (κ2) is 13.9. The van der Waals surface area contributed by atoms with Gasteiger partial charge in [-0.2, -0.15) is 0 Å². The summed E-state index contributed by atoms with van der Waals surface area (Å²) in [6.45, 7) is 3.78. The van der Waals surface area contributed by atoms with Gasteiger partial charge in [-0.25, -0.2) is 0 Å². The Balaban J connectivity index is 1.03. The molecular formula is C49H36N4. The number of benzene rings is 5.